The lowest BCUT2D eigenvalue weighted by Crippen LogP contribution is -2.51. The van der Waals surface area contributed by atoms with E-state index in [-0.39, 0.29) is 0 Å². The topological polar surface area (TPSA) is 86.9 Å². The highest BCUT2D eigenvalue weighted by atomic mass is 32.2. The summed E-state index contributed by atoms with van der Waals surface area (Å²) in [6.07, 6.45) is 1.62. The Morgan fingerprint density at radius 2 is 2.37 bits per heavy atom. The minimum absolute atomic E-state index is 0.296. The van der Waals surface area contributed by atoms with Crippen LogP contribution in [0, 0.1) is 0 Å². The van der Waals surface area contributed by atoms with E-state index in [1.165, 1.54) is 0 Å². The Balaban J connectivity index is 1.90. The van der Waals surface area contributed by atoms with E-state index in [1.54, 1.807) is 20.1 Å². The molecular formula is C11H18N4O3S. The van der Waals surface area contributed by atoms with Crippen molar-refractivity contribution in [2.75, 3.05) is 13.3 Å². The van der Waals surface area contributed by atoms with Gasteiger partial charge in [-0.15, -0.1) is 0 Å². The van der Waals surface area contributed by atoms with E-state index in [1.807, 2.05) is 17.0 Å². The molecule has 0 aliphatic carbocycles. The Bertz CT molecular complexity index is 536. The molecule has 2 heterocycles. The molecule has 0 saturated heterocycles. The Morgan fingerprint density at radius 3 is 2.89 bits per heavy atom. The van der Waals surface area contributed by atoms with E-state index in [9.17, 15) is 8.42 Å². The number of rotatable bonds is 4. The van der Waals surface area contributed by atoms with Crippen molar-refractivity contribution in [2.45, 2.75) is 25.6 Å². The quantitative estimate of drug-likeness (QED) is 0.830. The summed E-state index contributed by atoms with van der Waals surface area (Å²) >= 11 is 0. The first-order valence-corrected chi connectivity index (χ1v) is 7.56. The summed E-state index contributed by atoms with van der Waals surface area (Å²) in [7, 11) is -3.35. The van der Waals surface area contributed by atoms with Crippen molar-refractivity contribution in [3.63, 3.8) is 0 Å². The fourth-order valence-corrected chi connectivity index (χ4v) is 2.16. The molecule has 0 amide bonds. The Hall–Kier alpha value is -1.54. The smallest absolute Gasteiger partial charge is 0.237 e. The molecule has 0 unspecified atom stereocenters. The Kier molecular flexibility index (Phi) is 4.11. The second-order valence-electron chi connectivity index (χ2n) is 4.59. The Labute approximate surface area is 112 Å². The molecule has 1 aliphatic heterocycles. The first-order chi connectivity index (χ1) is 8.97. The van der Waals surface area contributed by atoms with E-state index in [4.69, 9.17) is 4.42 Å². The number of guanidine groups is 1. The molecule has 7 nitrogen and oxygen atoms in total. The van der Waals surface area contributed by atoms with Crippen LogP contribution in [0.25, 0.3) is 0 Å². The highest BCUT2D eigenvalue weighted by molar-refractivity contribution is 7.90. The normalized spacial score (nSPS) is 17.1. The molecule has 1 aromatic heterocycles. The summed E-state index contributed by atoms with van der Waals surface area (Å²) < 4.78 is 31.0. The number of hydrogen-bond donors (Lipinski definition) is 2. The maximum atomic E-state index is 11.7. The van der Waals surface area contributed by atoms with Crippen molar-refractivity contribution < 1.29 is 12.8 Å². The van der Waals surface area contributed by atoms with Crippen molar-refractivity contribution >= 4 is 16.0 Å². The van der Waals surface area contributed by atoms with Crippen LogP contribution in [0.1, 0.15) is 19.6 Å². The van der Waals surface area contributed by atoms with Gasteiger partial charge in [0.25, 0.3) is 0 Å². The summed E-state index contributed by atoms with van der Waals surface area (Å²) in [4.78, 5) is 6.15. The van der Waals surface area contributed by atoms with Gasteiger partial charge >= 0.3 is 0 Å². The van der Waals surface area contributed by atoms with Crippen LogP contribution >= 0.6 is 0 Å². The first-order valence-electron chi connectivity index (χ1n) is 6.02. The van der Waals surface area contributed by atoms with Crippen LogP contribution in [0.15, 0.2) is 27.8 Å². The number of nitrogens with one attached hydrogen (secondary N) is 2. The number of sulfonamides is 1. The summed E-state index contributed by atoms with van der Waals surface area (Å²) in [6, 6.07) is 3.72. The van der Waals surface area contributed by atoms with Gasteiger partial charge in [0.1, 0.15) is 5.76 Å². The molecule has 0 aromatic carbocycles. The number of nitrogens with zero attached hydrogens (tertiary/aromatic N) is 2. The molecule has 8 heteroatoms. The summed E-state index contributed by atoms with van der Waals surface area (Å²) in [5.74, 6) is 1.15. The number of aliphatic imine (C=N–C) groups is 1. The van der Waals surface area contributed by atoms with Gasteiger partial charge in [0, 0.05) is 0 Å². The van der Waals surface area contributed by atoms with Gasteiger partial charge in [-0.3, -0.25) is 9.62 Å². The lowest BCUT2D eigenvalue weighted by atomic mass is 10.4. The van der Waals surface area contributed by atoms with Crippen molar-refractivity contribution in [1.29, 1.82) is 0 Å². The third kappa shape index (κ3) is 3.71. The SMILES string of the molecule is CC(C)S(=O)(=O)NC1=NCN(Cc2ccco2)CN1. The van der Waals surface area contributed by atoms with Crippen LogP contribution in [0.5, 0.6) is 0 Å². The molecule has 1 aromatic rings. The first kappa shape index (κ1) is 13.9. The zero-order chi connectivity index (χ0) is 13.9. The lowest BCUT2D eigenvalue weighted by molar-refractivity contribution is 0.235. The maximum absolute atomic E-state index is 11.7. The second kappa shape index (κ2) is 5.62. The summed E-state index contributed by atoms with van der Waals surface area (Å²) in [5.41, 5.74) is 0. The highest BCUT2D eigenvalue weighted by Gasteiger charge is 2.20. The zero-order valence-electron chi connectivity index (χ0n) is 11.0. The molecule has 0 radical (unpaired) electrons. The highest BCUT2D eigenvalue weighted by Crippen LogP contribution is 2.06. The lowest BCUT2D eigenvalue weighted by Gasteiger charge is -2.26. The molecule has 0 bridgehead atoms. The number of furan rings is 1. The van der Waals surface area contributed by atoms with Gasteiger partial charge in [0.15, 0.2) is 0 Å². The minimum atomic E-state index is -3.35. The molecule has 19 heavy (non-hydrogen) atoms. The Morgan fingerprint density at radius 1 is 1.58 bits per heavy atom. The van der Waals surface area contributed by atoms with Crippen LogP contribution in [0.4, 0.5) is 0 Å². The minimum Gasteiger partial charge on any atom is -0.468 e. The molecule has 0 fully saturated rings. The van der Waals surface area contributed by atoms with E-state index < -0.39 is 15.3 Å². The van der Waals surface area contributed by atoms with Crippen molar-refractivity contribution in [3.05, 3.63) is 24.2 Å². The van der Waals surface area contributed by atoms with Crippen molar-refractivity contribution in [2.24, 2.45) is 4.99 Å². The largest absolute Gasteiger partial charge is 0.468 e. The molecule has 106 valence electrons. The van der Waals surface area contributed by atoms with Crippen molar-refractivity contribution in [1.82, 2.24) is 14.9 Å². The third-order valence-electron chi connectivity index (χ3n) is 2.72. The second-order valence-corrected chi connectivity index (χ2v) is 6.82. The van der Waals surface area contributed by atoms with Gasteiger partial charge in [-0.2, -0.15) is 0 Å². The third-order valence-corrected chi connectivity index (χ3v) is 4.44. The number of hydrogen-bond acceptors (Lipinski definition) is 6. The van der Waals surface area contributed by atoms with E-state index in [0.29, 0.717) is 25.8 Å². The van der Waals surface area contributed by atoms with E-state index in [0.717, 1.165) is 5.76 Å². The molecule has 0 spiro atoms. The van der Waals surface area contributed by atoms with Crippen LogP contribution in [-0.2, 0) is 16.6 Å². The monoisotopic (exact) mass is 286 g/mol. The van der Waals surface area contributed by atoms with Crippen LogP contribution in [0.3, 0.4) is 0 Å². The predicted molar refractivity (Wildman–Crippen MR) is 71.7 cm³/mol. The van der Waals surface area contributed by atoms with Gasteiger partial charge in [0.2, 0.25) is 16.0 Å². The van der Waals surface area contributed by atoms with Gasteiger partial charge in [-0.1, -0.05) is 0 Å². The standard InChI is InChI=1S/C11H18N4O3S/c1-9(2)19(16,17)14-11-12-7-15(8-13-11)6-10-4-3-5-18-10/h3-5,9H,6-8H2,1-2H3,(H2,12,13,14). The average molecular weight is 286 g/mol. The van der Waals surface area contributed by atoms with Gasteiger partial charge < -0.3 is 9.73 Å². The fraction of sp³-hybridized carbons (Fsp3) is 0.545. The summed E-state index contributed by atoms with van der Waals surface area (Å²) in [6.45, 7) is 4.81. The van der Waals surface area contributed by atoms with Gasteiger partial charge in [0.05, 0.1) is 31.4 Å². The van der Waals surface area contributed by atoms with Crippen LogP contribution in [-0.4, -0.2) is 37.9 Å². The molecule has 0 saturated carbocycles. The van der Waals surface area contributed by atoms with Gasteiger partial charge in [-0.25, -0.2) is 13.4 Å². The maximum Gasteiger partial charge on any atom is 0.237 e. The average Bonchev–Trinajstić information content (AvgIpc) is 2.84. The molecule has 2 N–H and O–H groups in total. The van der Waals surface area contributed by atoms with E-state index in [2.05, 4.69) is 15.0 Å². The van der Waals surface area contributed by atoms with E-state index >= 15 is 0 Å². The summed E-state index contributed by atoms with van der Waals surface area (Å²) in [5, 5.41) is 2.45. The molecule has 2 rings (SSSR count). The molecular weight excluding hydrogens is 268 g/mol. The van der Waals surface area contributed by atoms with Crippen molar-refractivity contribution in [3.8, 4) is 0 Å². The van der Waals surface area contributed by atoms with Crippen LogP contribution < -0.4 is 10.0 Å². The predicted octanol–water partition coefficient (Wildman–Crippen LogP) is 0.284. The fourth-order valence-electron chi connectivity index (χ4n) is 1.51. The molecule has 0 atom stereocenters. The van der Waals surface area contributed by atoms with Crippen LogP contribution in [0.2, 0.25) is 0 Å². The zero-order valence-corrected chi connectivity index (χ0v) is 11.8. The van der Waals surface area contributed by atoms with Gasteiger partial charge in [-0.05, 0) is 26.0 Å². The molecule has 1 aliphatic rings.